The lowest BCUT2D eigenvalue weighted by molar-refractivity contribution is -0.131. The van der Waals surface area contributed by atoms with Crippen LogP contribution in [0.25, 0.3) is 0 Å². The number of benzene rings is 1. The lowest BCUT2D eigenvalue weighted by atomic mass is 9.92. The Morgan fingerprint density at radius 1 is 1.28 bits per heavy atom. The summed E-state index contributed by atoms with van der Waals surface area (Å²) in [6, 6.07) is 6.37. The molecule has 1 atom stereocenters. The third kappa shape index (κ3) is 3.23. The highest BCUT2D eigenvalue weighted by Crippen LogP contribution is 2.35. The molecule has 3 amide bonds. The molecule has 25 heavy (non-hydrogen) atoms. The van der Waals surface area contributed by atoms with Crippen molar-refractivity contribution >= 4 is 51.1 Å². The third-order valence-corrected chi connectivity index (χ3v) is 5.15. The Morgan fingerprint density at radius 2 is 2.00 bits per heavy atom. The van der Waals surface area contributed by atoms with E-state index in [1.54, 1.807) is 13.0 Å². The normalized spacial score (nSPS) is 20.1. The van der Waals surface area contributed by atoms with E-state index in [4.69, 9.17) is 23.2 Å². The Hall–Kier alpha value is -1.70. The Morgan fingerprint density at radius 3 is 2.68 bits per heavy atom. The third-order valence-electron chi connectivity index (χ3n) is 3.94. The summed E-state index contributed by atoms with van der Waals surface area (Å²) in [5.41, 5.74) is -0.589. The van der Waals surface area contributed by atoms with Crippen LogP contribution in [0.1, 0.15) is 18.2 Å². The van der Waals surface area contributed by atoms with E-state index in [0.717, 1.165) is 4.90 Å². The van der Waals surface area contributed by atoms with E-state index in [1.807, 2.05) is 0 Å². The topological polar surface area (TPSA) is 62.3 Å². The van der Waals surface area contributed by atoms with Crippen molar-refractivity contribution in [1.82, 2.24) is 15.2 Å². The fraction of sp³-hybridized carbons (Fsp3) is 0.188. The molecule has 1 unspecified atom stereocenters. The highest BCUT2D eigenvalue weighted by Gasteiger charge is 2.50. The quantitative estimate of drug-likeness (QED) is 0.566. The minimum Gasteiger partial charge on any atom is -0.319 e. The van der Waals surface area contributed by atoms with Gasteiger partial charge in [0.05, 0.1) is 17.3 Å². The molecule has 3 rings (SSSR count). The zero-order valence-corrected chi connectivity index (χ0v) is 15.9. The predicted octanol–water partition coefficient (Wildman–Crippen LogP) is 4.26. The number of pyridine rings is 1. The van der Waals surface area contributed by atoms with E-state index in [9.17, 15) is 14.0 Å². The lowest BCUT2D eigenvalue weighted by Crippen LogP contribution is -2.41. The molecule has 1 aromatic carbocycles. The number of imide groups is 1. The molecule has 1 aromatic heterocycles. The van der Waals surface area contributed by atoms with Gasteiger partial charge in [0.25, 0.3) is 5.91 Å². The first-order valence-corrected chi connectivity index (χ1v) is 8.68. The van der Waals surface area contributed by atoms with Crippen LogP contribution in [0, 0.1) is 5.82 Å². The highest BCUT2D eigenvalue weighted by molar-refractivity contribution is 9.10. The van der Waals surface area contributed by atoms with Crippen LogP contribution in [0.15, 0.2) is 34.8 Å². The maximum Gasteiger partial charge on any atom is 0.325 e. The summed E-state index contributed by atoms with van der Waals surface area (Å²) in [4.78, 5) is 30.3. The molecule has 0 bridgehead atoms. The predicted molar refractivity (Wildman–Crippen MR) is 94.8 cm³/mol. The minimum atomic E-state index is -1.34. The summed E-state index contributed by atoms with van der Waals surface area (Å²) in [5, 5.41) is 3.14. The van der Waals surface area contributed by atoms with E-state index in [2.05, 4.69) is 26.2 Å². The molecule has 0 spiro atoms. The maximum absolute atomic E-state index is 13.3. The molecule has 0 aliphatic carbocycles. The van der Waals surface area contributed by atoms with E-state index in [0.29, 0.717) is 20.8 Å². The highest BCUT2D eigenvalue weighted by atomic mass is 79.9. The molecule has 0 saturated carbocycles. The largest absolute Gasteiger partial charge is 0.325 e. The van der Waals surface area contributed by atoms with Crippen LogP contribution in [0.2, 0.25) is 10.2 Å². The van der Waals surface area contributed by atoms with Gasteiger partial charge in [-0.2, -0.15) is 0 Å². The van der Waals surface area contributed by atoms with Gasteiger partial charge in [0.15, 0.2) is 0 Å². The van der Waals surface area contributed by atoms with E-state index in [1.165, 1.54) is 24.3 Å². The van der Waals surface area contributed by atoms with Crippen LogP contribution < -0.4 is 5.32 Å². The van der Waals surface area contributed by atoms with Crippen molar-refractivity contribution < 1.29 is 14.0 Å². The zero-order chi connectivity index (χ0) is 18.4. The van der Waals surface area contributed by atoms with Crippen molar-refractivity contribution in [3.8, 4) is 0 Å². The molecule has 0 radical (unpaired) electrons. The first-order chi connectivity index (χ1) is 11.7. The molecule has 1 fully saturated rings. The number of hydrogen-bond acceptors (Lipinski definition) is 3. The number of carbonyl (C=O) groups is 2. The second-order valence-corrected chi connectivity index (χ2v) is 7.28. The molecular formula is C16H11BrCl2FN3O2. The fourth-order valence-corrected chi connectivity index (χ4v) is 3.71. The van der Waals surface area contributed by atoms with Crippen LogP contribution in [0.5, 0.6) is 0 Å². The van der Waals surface area contributed by atoms with Crippen molar-refractivity contribution in [2.45, 2.75) is 19.0 Å². The Balaban J connectivity index is 1.95. The van der Waals surface area contributed by atoms with Gasteiger partial charge in [-0.15, -0.1) is 0 Å². The van der Waals surface area contributed by atoms with E-state index < -0.39 is 23.3 Å². The average molecular weight is 447 g/mol. The van der Waals surface area contributed by atoms with Gasteiger partial charge < -0.3 is 5.32 Å². The van der Waals surface area contributed by atoms with Crippen molar-refractivity contribution in [2.75, 3.05) is 0 Å². The summed E-state index contributed by atoms with van der Waals surface area (Å²) in [6.45, 7) is 1.43. The Labute approximate surface area is 161 Å². The van der Waals surface area contributed by atoms with Gasteiger partial charge in [0, 0.05) is 10.0 Å². The first-order valence-electron chi connectivity index (χ1n) is 7.13. The van der Waals surface area contributed by atoms with Crippen LogP contribution in [-0.4, -0.2) is 21.8 Å². The molecule has 1 N–H and O–H groups in total. The number of amides is 3. The smallest absolute Gasteiger partial charge is 0.319 e. The molecule has 1 aliphatic heterocycles. The summed E-state index contributed by atoms with van der Waals surface area (Å²) in [7, 11) is 0. The number of urea groups is 1. The Bertz CT molecular complexity index is 896. The van der Waals surface area contributed by atoms with Gasteiger partial charge in [-0.3, -0.25) is 9.69 Å². The number of nitrogens with one attached hydrogen (secondary N) is 1. The van der Waals surface area contributed by atoms with Crippen LogP contribution >= 0.6 is 39.1 Å². The van der Waals surface area contributed by atoms with Crippen LogP contribution in [0.3, 0.4) is 0 Å². The standard InChI is InChI=1S/C16H11BrCl2FN3O2/c1-16(9-3-2-8(20)6-10(9)17)14(24)23(15(25)22-16)7-12-11(18)4-5-13(19)21-12/h2-6H,7H2,1H3,(H,22,25). The van der Waals surface area contributed by atoms with Gasteiger partial charge in [-0.25, -0.2) is 14.2 Å². The molecule has 1 aliphatic rings. The number of nitrogens with zero attached hydrogens (tertiary/aromatic N) is 2. The van der Waals surface area contributed by atoms with E-state index >= 15 is 0 Å². The zero-order valence-electron chi connectivity index (χ0n) is 12.8. The fourth-order valence-electron chi connectivity index (χ4n) is 2.64. The molecule has 2 heterocycles. The van der Waals surface area contributed by atoms with E-state index in [-0.39, 0.29) is 11.7 Å². The summed E-state index contributed by atoms with van der Waals surface area (Å²) >= 11 is 15.1. The Kier molecular flexibility index (Phi) is 4.74. The number of aromatic nitrogens is 1. The number of carbonyl (C=O) groups excluding carboxylic acids is 2. The second-order valence-electron chi connectivity index (χ2n) is 5.63. The summed E-state index contributed by atoms with van der Waals surface area (Å²) in [5.74, 6) is -0.953. The minimum absolute atomic E-state index is 0.127. The van der Waals surface area contributed by atoms with Gasteiger partial charge in [0.1, 0.15) is 16.5 Å². The number of halogens is 4. The van der Waals surface area contributed by atoms with Gasteiger partial charge in [-0.05, 0) is 31.2 Å². The number of rotatable bonds is 3. The molecule has 5 nitrogen and oxygen atoms in total. The maximum atomic E-state index is 13.3. The first kappa shape index (κ1) is 18.1. The SMILES string of the molecule is CC1(c2ccc(F)cc2Br)NC(=O)N(Cc2nc(Cl)ccc2Cl)C1=O. The summed E-state index contributed by atoms with van der Waals surface area (Å²) < 4.78 is 13.7. The van der Waals surface area contributed by atoms with Crippen molar-refractivity contribution in [3.63, 3.8) is 0 Å². The molecule has 9 heteroatoms. The molecule has 130 valence electrons. The van der Waals surface area contributed by atoms with Crippen LogP contribution in [0.4, 0.5) is 9.18 Å². The molecule has 2 aromatic rings. The van der Waals surface area contributed by atoms with Crippen LogP contribution in [-0.2, 0) is 16.9 Å². The monoisotopic (exact) mass is 445 g/mol. The summed E-state index contributed by atoms with van der Waals surface area (Å²) in [6.07, 6.45) is 0. The van der Waals surface area contributed by atoms with Crippen molar-refractivity contribution in [3.05, 3.63) is 62.1 Å². The van der Waals surface area contributed by atoms with Gasteiger partial charge in [-0.1, -0.05) is 45.2 Å². The van der Waals surface area contributed by atoms with Gasteiger partial charge >= 0.3 is 6.03 Å². The lowest BCUT2D eigenvalue weighted by Gasteiger charge is -2.23. The van der Waals surface area contributed by atoms with Crippen molar-refractivity contribution in [1.29, 1.82) is 0 Å². The molecular weight excluding hydrogens is 436 g/mol. The van der Waals surface area contributed by atoms with Crippen molar-refractivity contribution in [2.24, 2.45) is 0 Å². The molecule has 1 saturated heterocycles. The number of hydrogen-bond donors (Lipinski definition) is 1. The van der Waals surface area contributed by atoms with Gasteiger partial charge in [0.2, 0.25) is 0 Å². The second kappa shape index (κ2) is 6.55. The average Bonchev–Trinajstić information content (AvgIpc) is 2.74.